The van der Waals surface area contributed by atoms with E-state index in [1.165, 1.54) is 51.8 Å². The summed E-state index contributed by atoms with van der Waals surface area (Å²) in [7, 11) is 0. The molecule has 0 bridgehead atoms. The summed E-state index contributed by atoms with van der Waals surface area (Å²) in [4.78, 5) is 39.2. The van der Waals surface area contributed by atoms with Crippen LogP contribution in [0.5, 0.6) is 0 Å². The van der Waals surface area contributed by atoms with Crippen molar-refractivity contribution in [1.29, 1.82) is 0 Å². The molecule has 6 aromatic carbocycles. The standard InChI is InChI=1S/3C23H23N2O.C13H12N.C12H10N.C11H8N.3Ir/c3*1-13(2)16-10-11-24-20(12-16)18-9-8-17(14(3)4)21-19-7-6-15(5)25-23(19)26-22(18)21;1-10-8-13(14-9-11(10)2)12-6-4-3-5-7-12;1-10-7-8-12(13-9-10)11-5-3-2-4-6-11;1-2-6-10(7-3-1)11-8-4-5-9-12-11;;;/h3*6-8,10-14H,1-5H3;3-6,8-9H,1-2H3;2-5,7-9H,1H3;1-6,8-9H;;;/q6*-1;;;/i3*1D3,13D,14D;2D3;1D3;;;;. The van der Waals surface area contributed by atoms with Crippen LogP contribution in [-0.4, -0.2) is 44.9 Å². The average molecular weight is 2130 g/mol. The molecular formula is C105H99Ir3N9O3-6. The van der Waals surface area contributed by atoms with Gasteiger partial charge in [-0.1, -0.05) is 204 Å². The van der Waals surface area contributed by atoms with Gasteiger partial charge < -0.3 is 43.2 Å². The van der Waals surface area contributed by atoms with Crippen molar-refractivity contribution >= 4 is 66.2 Å². The van der Waals surface area contributed by atoms with Crippen molar-refractivity contribution in [2.75, 3.05) is 0 Å². The molecule has 3 atom stereocenters. The van der Waals surface area contributed by atoms with Crippen molar-refractivity contribution in [3.05, 3.63) is 341 Å². The molecule has 0 spiro atoms. The van der Waals surface area contributed by atoms with E-state index in [0.29, 0.717) is 89.9 Å². The van der Waals surface area contributed by atoms with Crippen LogP contribution < -0.4 is 0 Å². The molecule has 18 aromatic rings. The molecular weight excluding hydrogens is 2010 g/mol. The number of benzene rings is 6. The van der Waals surface area contributed by atoms with Crippen LogP contribution in [-0.2, 0) is 60.3 Å². The molecule has 18 rings (SSSR count). The van der Waals surface area contributed by atoms with Crippen LogP contribution in [0.2, 0.25) is 0 Å². The van der Waals surface area contributed by atoms with E-state index in [4.69, 9.17) is 42.0 Å². The van der Waals surface area contributed by atoms with E-state index in [2.05, 4.69) is 81.3 Å². The minimum Gasteiger partial charge on any atom is -0.486 e. The fraction of sp³-hybridized carbons (Fsp3) is 0.229. The van der Waals surface area contributed by atoms with Gasteiger partial charge in [-0.15, -0.1) is 161 Å². The Balaban J connectivity index is 0.000000179. The van der Waals surface area contributed by atoms with Crippen LogP contribution >= 0.6 is 0 Å². The summed E-state index contributed by atoms with van der Waals surface area (Å²) in [6.07, 6.45) is 9.10. The van der Waals surface area contributed by atoms with Crippen LogP contribution in [0.1, 0.15) is 214 Å². The molecule has 12 heterocycles. The average Bonchev–Trinajstić information content (AvgIpc) is 1.60. The van der Waals surface area contributed by atoms with Gasteiger partial charge in [0.1, 0.15) is 0 Å². The summed E-state index contributed by atoms with van der Waals surface area (Å²) in [6.45, 7) is 10.7. The third kappa shape index (κ3) is 21.6. The van der Waals surface area contributed by atoms with Gasteiger partial charge in [-0.2, -0.15) is 0 Å². The van der Waals surface area contributed by atoms with Crippen LogP contribution in [0.25, 0.3) is 134 Å². The molecule has 0 aliphatic heterocycles. The van der Waals surface area contributed by atoms with Crippen LogP contribution in [0.4, 0.5) is 0 Å². The number of rotatable bonds is 12. The smallest absolute Gasteiger partial charge is 0.216 e. The number of hydrogen-bond acceptors (Lipinski definition) is 12. The van der Waals surface area contributed by atoms with E-state index < -0.39 is 69.6 Å². The van der Waals surface area contributed by atoms with Gasteiger partial charge in [-0.05, 0) is 165 Å². The Bertz CT molecular complexity index is 6890. The van der Waals surface area contributed by atoms with Crippen LogP contribution in [0.3, 0.4) is 0 Å². The normalized spacial score (nSPS) is 15.8. The Labute approximate surface area is 776 Å². The van der Waals surface area contributed by atoms with Gasteiger partial charge in [-0.3, -0.25) is 0 Å². The van der Waals surface area contributed by atoms with E-state index >= 15 is 0 Å². The van der Waals surface area contributed by atoms with Gasteiger partial charge in [-0.25, -0.2) is 15.0 Å². The molecule has 120 heavy (non-hydrogen) atoms. The number of fused-ring (bicyclic) bond motifs is 9. The summed E-state index contributed by atoms with van der Waals surface area (Å²) in [6, 6.07) is 78.7. The fourth-order valence-corrected chi connectivity index (χ4v) is 13.0. The third-order valence-electron chi connectivity index (χ3n) is 19.1. The zero-order chi connectivity index (χ0) is 101. The van der Waals surface area contributed by atoms with Gasteiger partial charge >= 0.3 is 0 Å². The number of pyridine rings is 9. The van der Waals surface area contributed by atoms with Crippen LogP contribution in [0, 0.1) is 77.8 Å². The van der Waals surface area contributed by atoms with Gasteiger partial charge in [0.05, 0.1) is 16.7 Å². The molecule has 3 unspecified atom stereocenters. The Morgan fingerprint density at radius 2 is 0.692 bits per heavy atom. The van der Waals surface area contributed by atoms with E-state index in [1.54, 1.807) is 134 Å². The van der Waals surface area contributed by atoms with E-state index in [9.17, 15) is 0 Å². The molecule has 3 radical (unpaired) electrons. The van der Waals surface area contributed by atoms with E-state index in [1.807, 2.05) is 142 Å². The van der Waals surface area contributed by atoms with E-state index in [-0.39, 0.29) is 65.9 Å². The summed E-state index contributed by atoms with van der Waals surface area (Å²) in [5, 5.41) is 4.72. The molecule has 0 aliphatic carbocycles. The maximum absolute atomic E-state index is 8.59. The molecule has 15 heteroatoms. The predicted molar refractivity (Wildman–Crippen MR) is 479 cm³/mol. The molecule has 0 amide bonds. The first-order chi connectivity index (χ1) is 64.4. The largest absolute Gasteiger partial charge is 0.486 e. The molecule has 0 fully saturated rings. The fourth-order valence-electron chi connectivity index (χ4n) is 13.0. The van der Waals surface area contributed by atoms with Gasteiger partial charge in [0.2, 0.25) is 17.1 Å². The zero-order valence-electron chi connectivity index (χ0n) is 89.3. The van der Waals surface area contributed by atoms with Gasteiger partial charge in [0.15, 0.2) is 0 Å². The first-order valence-corrected chi connectivity index (χ1v) is 37.9. The SMILES string of the molecule is [2H]C(C)(C)c1c[c-]c(-c2cc(C([2H])(C)C([2H])([2H])[2H])ccn2)c2oc3nc(C)ccc3c12.[2H]C(C)(C)c1c[c-]c(-c2cc(C([2H])(C)C([2H])([2H])[2H])ccn2)c2oc3nc(C)ccc3c12.[2H]C(C)(C)c1c[c-]c(-c2cc(C([2H])(C)C([2H])([2H])[2H])ccn2)c2oc3nc(C)ccc3c12.[2H]C([2H])([2H])c1ccc(-c2[c-]cccc2)nc1.[2H]C([2H])([2H])c1cnc(-c2[c-]cccc2)cc1C.[Ir].[Ir].[Ir].[c-]1ccccc1-c1ccccn1. The number of furan rings is 3. The second-order valence-corrected chi connectivity index (χ2v) is 28.6. The quantitative estimate of drug-likeness (QED) is 0.107. The Morgan fingerprint density at radius 1 is 0.325 bits per heavy atom. The maximum atomic E-state index is 8.59. The summed E-state index contributed by atoms with van der Waals surface area (Å²) in [5.74, 6) is -8.07. The van der Waals surface area contributed by atoms with Crippen molar-refractivity contribution < 1.29 is 102 Å². The van der Waals surface area contributed by atoms with Crippen molar-refractivity contribution in [2.24, 2.45) is 0 Å². The molecule has 12 aromatic heterocycles. The van der Waals surface area contributed by atoms with Crippen molar-refractivity contribution in [3.63, 3.8) is 0 Å². The summed E-state index contributed by atoms with van der Waals surface area (Å²) < 4.78 is 183. The first kappa shape index (κ1) is 65.8. The summed E-state index contributed by atoms with van der Waals surface area (Å²) >= 11 is 0. The molecule has 0 saturated heterocycles. The molecule has 12 nitrogen and oxygen atoms in total. The number of aromatic nitrogens is 9. The first-order valence-electron chi connectivity index (χ1n) is 48.4. The topological polar surface area (TPSA) is 155 Å². The maximum Gasteiger partial charge on any atom is 0.216 e. The molecule has 0 saturated carbocycles. The molecule has 615 valence electrons. The second-order valence-electron chi connectivity index (χ2n) is 28.6. The van der Waals surface area contributed by atoms with Crippen LogP contribution in [0.15, 0.2) is 251 Å². The number of nitrogens with zero attached hydrogens (tertiary/aromatic N) is 9. The minimum absolute atomic E-state index is 0. The predicted octanol–water partition coefficient (Wildman–Crippen LogP) is 27.8. The minimum atomic E-state index is -2.50. The third-order valence-corrected chi connectivity index (χ3v) is 19.1. The second kappa shape index (κ2) is 41.8. The number of hydrogen-bond donors (Lipinski definition) is 0. The zero-order valence-corrected chi connectivity index (χ0v) is 75.5. The Kier molecular flexibility index (Phi) is 22.9. The summed E-state index contributed by atoms with van der Waals surface area (Å²) in [5.41, 5.74) is 18.0. The monoisotopic (exact) mass is 2130 g/mol. The van der Waals surface area contributed by atoms with Gasteiger partial charge in [0.25, 0.3) is 0 Å². The van der Waals surface area contributed by atoms with Crippen molar-refractivity contribution in [3.8, 4) is 67.5 Å². The molecule has 0 aliphatic rings. The Morgan fingerprint density at radius 3 is 1.01 bits per heavy atom. The van der Waals surface area contributed by atoms with Crippen molar-refractivity contribution in [2.45, 2.75) is 160 Å². The van der Waals surface area contributed by atoms with Crippen molar-refractivity contribution in [1.82, 2.24) is 44.9 Å². The number of aryl methyl sites for hydroxylation is 6. The Hall–Kier alpha value is -11.0. The van der Waals surface area contributed by atoms with E-state index in [0.717, 1.165) is 105 Å². The van der Waals surface area contributed by atoms with Gasteiger partial charge in [0, 0.05) is 160 Å². The molecule has 0 N–H and O–H groups in total.